The summed E-state index contributed by atoms with van der Waals surface area (Å²) in [6.07, 6.45) is 0.0320. The van der Waals surface area contributed by atoms with E-state index in [-0.39, 0.29) is 18.2 Å². The van der Waals surface area contributed by atoms with Crippen LogP contribution in [0, 0.1) is 12.7 Å². The lowest BCUT2D eigenvalue weighted by atomic mass is 9.94. The van der Waals surface area contributed by atoms with Crippen LogP contribution in [0.25, 0.3) is 0 Å². The van der Waals surface area contributed by atoms with E-state index in [2.05, 4.69) is 0 Å². The molecule has 0 spiro atoms. The van der Waals surface area contributed by atoms with E-state index < -0.39 is 5.97 Å². The second kappa shape index (κ2) is 4.22. The van der Waals surface area contributed by atoms with Crippen molar-refractivity contribution in [1.29, 1.82) is 0 Å². The van der Waals surface area contributed by atoms with Crippen LogP contribution >= 0.6 is 0 Å². The fourth-order valence-corrected chi connectivity index (χ4v) is 1.51. The molecule has 2 nitrogen and oxygen atoms in total. The zero-order valence-electron chi connectivity index (χ0n) is 8.25. The number of hydrogen-bond donors (Lipinski definition) is 1. The number of aryl methyl sites for hydroxylation is 1. The van der Waals surface area contributed by atoms with Crippen molar-refractivity contribution in [1.82, 2.24) is 0 Å². The largest absolute Gasteiger partial charge is 0.481 e. The maximum absolute atomic E-state index is 12.9. The first-order valence-electron chi connectivity index (χ1n) is 4.48. The smallest absolute Gasteiger partial charge is 0.303 e. The summed E-state index contributed by atoms with van der Waals surface area (Å²) in [6, 6.07) is 4.46. The van der Waals surface area contributed by atoms with Gasteiger partial charge < -0.3 is 5.11 Å². The van der Waals surface area contributed by atoms with Crippen molar-refractivity contribution in [2.75, 3.05) is 0 Å². The molecule has 3 heteroatoms. The Balaban J connectivity index is 2.93. The van der Waals surface area contributed by atoms with Crippen molar-refractivity contribution >= 4 is 5.97 Å². The SMILES string of the molecule is Cc1ccc(F)cc1C(C)CC(=O)O. The van der Waals surface area contributed by atoms with Crippen LogP contribution in [-0.4, -0.2) is 11.1 Å². The van der Waals surface area contributed by atoms with Gasteiger partial charge in [-0.25, -0.2) is 4.39 Å². The molecule has 0 radical (unpaired) electrons. The highest BCUT2D eigenvalue weighted by Crippen LogP contribution is 2.23. The third-order valence-electron chi connectivity index (χ3n) is 2.25. The molecule has 14 heavy (non-hydrogen) atoms. The number of carboxylic acid groups (broad SMARTS) is 1. The molecule has 1 aromatic rings. The Bertz CT molecular complexity index is 347. The van der Waals surface area contributed by atoms with E-state index in [0.29, 0.717) is 0 Å². The van der Waals surface area contributed by atoms with Crippen molar-refractivity contribution in [3.05, 3.63) is 35.1 Å². The fourth-order valence-electron chi connectivity index (χ4n) is 1.51. The molecule has 0 aliphatic carbocycles. The summed E-state index contributed by atoms with van der Waals surface area (Å²) in [5.41, 5.74) is 1.70. The minimum Gasteiger partial charge on any atom is -0.481 e. The zero-order valence-corrected chi connectivity index (χ0v) is 8.25. The van der Waals surface area contributed by atoms with Gasteiger partial charge in [0.15, 0.2) is 0 Å². The predicted molar refractivity (Wildman–Crippen MR) is 51.8 cm³/mol. The average Bonchev–Trinajstić information content (AvgIpc) is 2.08. The normalized spacial score (nSPS) is 12.5. The molecule has 76 valence electrons. The van der Waals surface area contributed by atoms with Gasteiger partial charge in [-0.2, -0.15) is 0 Å². The van der Waals surface area contributed by atoms with Crippen LogP contribution in [0.4, 0.5) is 4.39 Å². The van der Waals surface area contributed by atoms with Gasteiger partial charge in [0.2, 0.25) is 0 Å². The van der Waals surface area contributed by atoms with Crippen LogP contribution < -0.4 is 0 Å². The summed E-state index contributed by atoms with van der Waals surface area (Å²) in [5.74, 6) is -1.33. The van der Waals surface area contributed by atoms with E-state index in [1.165, 1.54) is 12.1 Å². The number of halogens is 1. The van der Waals surface area contributed by atoms with Crippen LogP contribution in [0.2, 0.25) is 0 Å². The van der Waals surface area contributed by atoms with Crippen molar-refractivity contribution in [2.45, 2.75) is 26.2 Å². The summed E-state index contributed by atoms with van der Waals surface area (Å²) in [5, 5.41) is 8.61. The van der Waals surface area contributed by atoms with Crippen LogP contribution in [0.3, 0.4) is 0 Å². The zero-order chi connectivity index (χ0) is 10.7. The Morgan fingerprint density at radius 2 is 2.21 bits per heavy atom. The summed E-state index contributed by atoms with van der Waals surface area (Å²) >= 11 is 0. The van der Waals surface area contributed by atoms with Gasteiger partial charge in [-0.1, -0.05) is 13.0 Å². The summed E-state index contributed by atoms with van der Waals surface area (Å²) in [6.45, 7) is 3.64. The Labute approximate surface area is 82.4 Å². The maximum atomic E-state index is 12.9. The molecule has 0 saturated heterocycles. The van der Waals surface area contributed by atoms with Crippen LogP contribution in [0.5, 0.6) is 0 Å². The molecule has 1 unspecified atom stereocenters. The van der Waals surface area contributed by atoms with Gasteiger partial charge in [-0.05, 0) is 36.1 Å². The lowest BCUT2D eigenvalue weighted by Gasteiger charge is -2.12. The molecular weight excluding hydrogens is 183 g/mol. The predicted octanol–water partition coefficient (Wildman–Crippen LogP) is 2.71. The number of benzene rings is 1. The average molecular weight is 196 g/mol. The van der Waals surface area contributed by atoms with E-state index >= 15 is 0 Å². The second-order valence-corrected chi connectivity index (χ2v) is 3.50. The quantitative estimate of drug-likeness (QED) is 0.807. The van der Waals surface area contributed by atoms with Crippen molar-refractivity contribution < 1.29 is 14.3 Å². The van der Waals surface area contributed by atoms with Crippen LogP contribution in [0.1, 0.15) is 30.4 Å². The van der Waals surface area contributed by atoms with Gasteiger partial charge >= 0.3 is 5.97 Å². The molecule has 0 fully saturated rings. The molecule has 1 aromatic carbocycles. The van der Waals surface area contributed by atoms with E-state index in [0.717, 1.165) is 11.1 Å². The van der Waals surface area contributed by atoms with Gasteiger partial charge in [0.25, 0.3) is 0 Å². The molecule has 0 saturated carbocycles. The molecule has 1 N–H and O–H groups in total. The summed E-state index contributed by atoms with van der Waals surface area (Å²) in [4.78, 5) is 10.5. The molecule has 0 aliphatic heterocycles. The number of rotatable bonds is 3. The van der Waals surface area contributed by atoms with Crippen LogP contribution in [-0.2, 0) is 4.79 Å². The first kappa shape index (κ1) is 10.7. The maximum Gasteiger partial charge on any atom is 0.303 e. The fraction of sp³-hybridized carbons (Fsp3) is 0.364. The third kappa shape index (κ3) is 2.55. The standard InChI is InChI=1S/C11H13FO2/c1-7-3-4-9(12)6-10(7)8(2)5-11(13)14/h3-4,6,8H,5H2,1-2H3,(H,13,14). The molecule has 0 bridgehead atoms. The minimum atomic E-state index is -0.860. The van der Waals surface area contributed by atoms with Crippen molar-refractivity contribution in [2.24, 2.45) is 0 Å². The third-order valence-corrected chi connectivity index (χ3v) is 2.25. The second-order valence-electron chi connectivity index (χ2n) is 3.50. The topological polar surface area (TPSA) is 37.3 Å². The first-order chi connectivity index (χ1) is 6.50. The molecule has 0 heterocycles. The van der Waals surface area contributed by atoms with Crippen molar-refractivity contribution in [3.63, 3.8) is 0 Å². The highest BCUT2D eigenvalue weighted by Gasteiger charge is 2.12. The Kier molecular flexibility index (Phi) is 3.23. The molecule has 0 aliphatic rings. The lowest BCUT2D eigenvalue weighted by molar-refractivity contribution is -0.137. The van der Waals surface area contributed by atoms with Gasteiger partial charge in [0, 0.05) is 0 Å². The highest BCUT2D eigenvalue weighted by molar-refractivity contribution is 5.68. The monoisotopic (exact) mass is 196 g/mol. The van der Waals surface area contributed by atoms with E-state index in [4.69, 9.17) is 5.11 Å². The van der Waals surface area contributed by atoms with Crippen LogP contribution in [0.15, 0.2) is 18.2 Å². The van der Waals surface area contributed by atoms with Gasteiger partial charge in [0.05, 0.1) is 6.42 Å². The van der Waals surface area contributed by atoms with Gasteiger partial charge in [0.1, 0.15) is 5.82 Å². The molecule has 0 aromatic heterocycles. The molecule has 1 rings (SSSR count). The van der Waals surface area contributed by atoms with E-state index in [1.54, 1.807) is 13.0 Å². The van der Waals surface area contributed by atoms with Crippen molar-refractivity contribution in [3.8, 4) is 0 Å². The molecular formula is C11H13FO2. The summed E-state index contributed by atoms with van der Waals surface area (Å²) in [7, 11) is 0. The minimum absolute atomic E-state index is 0.0320. The number of aliphatic carboxylic acids is 1. The lowest BCUT2D eigenvalue weighted by Crippen LogP contribution is -2.04. The van der Waals surface area contributed by atoms with Gasteiger partial charge in [-0.15, -0.1) is 0 Å². The first-order valence-corrected chi connectivity index (χ1v) is 4.48. The molecule has 0 amide bonds. The number of carboxylic acids is 1. The van der Waals surface area contributed by atoms with E-state index in [1.807, 2.05) is 6.92 Å². The highest BCUT2D eigenvalue weighted by atomic mass is 19.1. The Morgan fingerprint density at radius 1 is 1.57 bits per heavy atom. The Morgan fingerprint density at radius 3 is 2.79 bits per heavy atom. The number of hydrogen-bond acceptors (Lipinski definition) is 1. The van der Waals surface area contributed by atoms with Gasteiger partial charge in [-0.3, -0.25) is 4.79 Å². The number of carbonyl (C=O) groups is 1. The molecule has 1 atom stereocenters. The Hall–Kier alpha value is -1.38. The summed E-state index contributed by atoms with van der Waals surface area (Å²) < 4.78 is 12.9. The van der Waals surface area contributed by atoms with E-state index in [9.17, 15) is 9.18 Å².